The van der Waals surface area contributed by atoms with Gasteiger partial charge in [-0.1, -0.05) is 13.3 Å². The van der Waals surface area contributed by atoms with Gasteiger partial charge in [0, 0.05) is 0 Å². The summed E-state index contributed by atoms with van der Waals surface area (Å²) in [6, 6.07) is 2.01. The van der Waals surface area contributed by atoms with Gasteiger partial charge in [0.1, 0.15) is 0 Å². The zero-order valence-electron chi connectivity index (χ0n) is 6.24. The molecule has 0 aromatic heterocycles. The Kier molecular flexibility index (Phi) is 6.41. The molecule has 0 heterocycles. The maximum Gasteiger partial charge on any atom is 0.251 e. The Balaban J connectivity index is 3.42. The van der Waals surface area contributed by atoms with Crippen molar-refractivity contribution >= 4 is 41.5 Å². The van der Waals surface area contributed by atoms with Gasteiger partial charge in [-0.3, -0.25) is 0 Å². The van der Waals surface area contributed by atoms with E-state index in [4.69, 9.17) is 22.2 Å². The summed E-state index contributed by atoms with van der Waals surface area (Å²) in [4.78, 5) is 0. The predicted octanol–water partition coefficient (Wildman–Crippen LogP) is 3.64. The van der Waals surface area contributed by atoms with Gasteiger partial charge >= 0.3 is 0 Å². The van der Waals surface area contributed by atoms with E-state index in [1.807, 2.05) is 0 Å². The molecule has 0 rings (SSSR count). The highest BCUT2D eigenvalue weighted by atomic mass is 35.7. The van der Waals surface area contributed by atoms with Crippen molar-refractivity contribution in [2.24, 2.45) is 0 Å². The summed E-state index contributed by atoms with van der Waals surface area (Å²) in [6.45, 7) is 0.290. The van der Waals surface area contributed by atoms with Crippen molar-refractivity contribution in [2.75, 3.05) is 5.75 Å². The van der Waals surface area contributed by atoms with Crippen LogP contribution in [-0.2, 0) is 0 Å². The second-order valence-electron chi connectivity index (χ2n) is 2.43. The van der Waals surface area contributed by atoms with Crippen molar-refractivity contribution in [1.29, 1.82) is 0 Å². The van der Waals surface area contributed by atoms with Crippen LogP contribution in [0.15, 0.2) is 0 Å². The van der Waals surface area contributed by atoms with Crippen LogP contribution in [0.25, 0.3) is 0 Å². The zero-order chi connectivity index (χ0) is 8.04. The van der Waals surface area contributed by atoms with Gasteiger partial charge in [0.2, 0.25) is 0 Å². The van der Waals surface area contributed by atoms with Gasteiger partial charge in [0.05, 0.1) is 0 Å². The van der Waals surface area contributed by atoms with E-state index in [-0.39, 0.29) is 0 Å². The molecular weight excluding hydrogens is 203 g/mol. The number of hydrogen-bond donors (Lipinski definition) is 1. The van der Waals surface area contributed by atoms with Gasteiger partial charge in [-0.2, -0.15) is 12.6 Å². The first-order valence-corrected chi connectivity index (χ1v) is 8.68. The molecule has 0 aliphatic rings. The average Bonchev–Trinajstić information content (AvgIpc) is 1.84. The molecule has 0 atom stereocenters. The maximum atomic E-state index is 6.09. The summed E-state index contributed by atoms with van der Waals surface area (Å²) in [5, 5.41) is 0. The van der Waals surface area contributed by atoms with Crippen molar-refractivity contribution in [3.63, 3.8) is 0 Å². The second kappa shape index (κ2) is 5.75. The minimum absolute atomic E-state index is 0.901. The third-order valence-electron chi connectivity index (χ3n) is 1.32. The number of rotatable bonds is 5. The monoisotopic (exact) mass is 216 g/mol. The highest BCUT2D eigenvalue weighted by molar-refractivity contribution is 7.80. The molecule has 0 N–H and O–H groups in total. The Hall–Kier alpha value is 1.15. The fraction of sp³-hybridized carbons (Fsp3) is 1.00. The standard InChI is InChI=1S/C6H14Cl2SSi/c1-2-5-10(7,8)6-3-4-9/h9H,2-6H2,1H3. The lowest BCUT2D eigenvalue weighted by atomic mass is 10.6. The molecule has 0 fully saturated rings. The largest absolute Gasteiger partial charge is 0.251 e. The quantitative estimate of drug-likeness (QED) is 0.405. The van der Waals surface area contributed by atoms with E-state index in [1.54, 1.807) is 0 Å². The van der Waals surface area contributed by atoms with Crippen LogP contribution in [0.1, 0.15) is 19.8 Å². The second-order valence-corrected chi connectivity index (χ2v) is 10.5. The lowest BCUT2D eigenvalue weighted by molar-refractivity contribution is 1.02. The summed E-state index contributed by atoms with van der Waals surface area (Å²) in [5.74, 6) is 0.901. The van der Waals surface area contributed by atoms with E-state index in [1.165, 1.54) is 0 Å². The molecule has 0 aromatic carbocycles. The van der Waals surface area contributed by atoms with Crippen LogP contribution in [0, 0.1) is 0 Å². The van der Waals surface area contributed by atoms with E-state index >= 15 is 0 Å². The Bertz CT molecular complexity index is 87.8. The van der Waals surface area contributed by atoms with E-state index < -0.39 is 6.69 Å². The summed E-state index contributed by atoms with van der Waals surface area (Å²) in [6.07, 6.45) is 2.16. The zero-order valence-corrected chi connectivity index (χ0v) is 9.64. The normalized spacial score (nSPS) is 12.0. The van der Waals surface area contributed by atoms with Crippen LogP contribution < -0.4 is 0 Å². The first kappa shape index (κ1) is 11.1. The van der Waals surface area contributed by atoms with Crippen LogP contribution >= 0.6 is 34.8 Å². The molecular formula is C6H14Cl2SSi. The third kappa shape index (κ3) is 5.90. The molecule has 0 saturated carbocycles. The fourth-order valence-corrected chi connectivity index (χ4v) is 4.90. The van der Waals surface area contributed by atoms with Gasteiger partial charge in [0.15, 0.2) is 0 Å². The lowest BCUT2D eigenvalue weighted by Crippen LogP contribution is -2.17. The molecule has 4 heteroatoms. The smallest absolute Gasteiger partial charge is 0.179 e. The van der Waals surface area contributed by atoms with Crippen molar-refractivity contribution in [1.82, 2.24) is 0 Å². The SMILES string of the molecule is CCC[Si](Cl)(Cl)CCCS. The highest BCUT2D eigenvalue weighted by Gasteiger charge is 2.25. The molecule has 0 nitrogen and oxygen atoms in total. The molecule has 0 aromatic rings. The molecule has 0 spiro atoms. The van der Waals surface area contributed by atoms with Crippen molar-refractivity contribution in [3.8, 4) is 0 Å². The summed E-state index contributed by atoms with van der Waals surface area (Å²) < 4.78 is 0. The van der Waals surface area contributed by atoms with Gasteiger partial charge in [-0.05, 0) is 24.3 Å². The first-order valence-electron chi connectivity index (χ1n) is 3.61. The minimum Gasteiger partial charge on any atom is -0.179 e. The van der Waals surface area contributed by atoms with Crippen LogP contribution in [0.2, 0.25) is 12.1 Å². The van der Waals surface area contributed by atoms with E-state index in [2.05, 4.69) is 19.6 Å². The van der Waals surface area contributed by atoms with Crippen LogP contribution in [0.3, 0.4) is 0 Å². The molecule has 0 radical (unpaired) electrons. The maximum absolute atomic E-state index is 6.09. The van der Waals surface area contributed by atoms with E-state index in [0.717, 1.165) is 30.7 Å². The Morgan fingerprint density at radius 1 is 1.30 bits per heavy atom. The molecule has 0 amide bonds. The van der Waals surface area contributed by atoms with Crippen LogP contribution in [-0.4, -0.2) is 12.4 Å². The molecule has 0 bridgehead atoms. The molecule has 0 unspecified atom stereocenters. The van der Waals surface area contributed by atoms with Gasteiger partial charge < -0.3 is 0 Å². The Labute approximate surface area is 79.1 Å². The van der Waals surface area contributed by atoms with Gasteiger partial charge in [-0.15, -0.1) is 22.2 Å². The first-order chi connectivity index (χ1) is 4.62. The number of halogens is 2. The molecule has 62 valence electrons. The fourth-order valence-electron chi connectivity index (χ4n) is 0.828. The predicted molar refractivity (Wildman–Crippen MR) is 55.8 cm³/mol. The van der Waals surface area contributed by atoms with E-state index in [0.29, 0.717) is 0 Å². The summed E-state index contributed by atoms with van der Waals surface area (Å²) >= 11 is 16.3. The number of thiol groups is 1. The number of hydrogen-bond acceptors (Lipinski definition) is 1. The van der Waals surface area contributed by atoms with Gasteiger partial charge in [0.25, 0.3) is 6.69 Å². The van der Waals surface area contributed by atoms with Crippen LogP contribution in [0.5, 0.6) is 0 Å². The van der Waals surface area contributed by atoms with Crippen LogP contribution in [0.4, 0.5) is 0 Å². The minimum atomic E-state index is -1.83. The molecule has 10 heavy (non-hydrogen) atoms. The Morgan fingerprint density at radius 3 is 2.30 bits per heavy atom. The molecule has 0 aliphatic carbocycles. The summed E-state index contributed by atoms with van der Waals surface area (Å²) in [7, 11) is 0. The van der Waals surface area contributed by atoms with E-state index in [9.17, 15) is 0 Å². The topological polar surface area (TPSA) is 0 Å². The van der Waals surface area contributed by atoms with Crippen molar-refractivity contribution < 1.29 is 0 Å². The molecule has 0 saturated heterocycles. The van der Waals surface area contributed by atoms with Gasteiger partial charge in [-0.25, -0.2) is 0 Å². The molecule has 0 aliphatic heterocycles. The summed E-state index contributed by atoms with van der Waals surface area (Å²) in [5.41, 5.74) is 0. The highest BCUT2D eigenvalue weighted by Crippen LogP contribution is 2.28. The van der Waals surface area contributed by atoms with Crippen molar-refractivity contribution in [3.05, 3.63) is 0 Å². The third-order valence-corrected chi connectivity index (χ3v) is 6.22. The average molecular weight is 217 g/mol. The Morgan fingerprint density at radius 2 is 1.90 bits per heavy atom. The lowest BCUT2D eigenvalue weighted by Gasteiger charge is -2.13. The van der Waals surface area contributed by atoms with Crippen molar-refractivity contribution in [2.45, 2.75) is 31.9 Å².